The van der Waals surface area contributed by atoms with Crippen molar-refractivity contribution in [3.8, 4) is 5.75 Å². The number of nitrogens with one attached hydrogen (secondary N) is 2. The van der Waals surface area contributed by atoms with Crippen LogP contribution in [0.4, 0.5) is 0 Å². The predicted octanol–water partition coefficient (Wildman–Crippen LogP) is 3.90. The number of benzene rings is 2. The summed E-state index contributed by atoms with van der Waals surface area (Å²) in [7, 11) is 1.58. The highest BCUT2D eigenvalue weighted by atomic mass is 16.5. The van der Waals surface area contributed by atoms with Crippen LogP contribution in [0, 0.1) is 0 Å². The average Bonchev–Trinajstić information content (AvgIpc) is 2.77. The molecule has 3 rings (SSSR count). The maximum Gasteiger partial charge on any atom is 0.251 e. The van der Waals surface area contributed by atoms with Crippen LogP contribution in [0.3, 0.4) is 0 Å². The van der Waals surface area contributed by atoms with Crippen LogP contribution >= 0.6 is 0 Å². The van der Waals surface area contributed by atoms with Crippen molar-refractivity contribution in [3.63, 3.8) is 0 Å². The fourth-order valence-electron chi connectivity index (χ4n) is 3.64. The smallest absolute Gasteiger partial charge is 0.251 e. The Bertz CT molecular complexity index is 778. The molecular weight excluding hydrogens is 352 g/mol. The standard InChI is InChI=1S/C23H28N2O3/c1-28-21-13-11-20(12-14-21)23(27)25-16-15-24-22(26)19-9-7-18(8-10-19)17-5-3-2-4-6-17/h7-14,17H,2-6,15-16H2,1H3,(H,24,26)(H,25,27). The second-order valence-electron chi connectivity index (χ2n) is 7.20. The number of hydrogen-bond acceptors (Lipinski definition) is 3. The number of carbonyl (C=O) groups excluding carboxylic acids is 2. The molecule has 2 aromatic carbocycles. The second kappa shape index (κ2) is 9.93. The molecule has 0 bridgehead atoms. The van der Waals surface area contributed by atoms with Crippen molar-refractivity contribution in [2.45, 2.75) is 38.0 Å². The molecule has 1 aliphatic rings. The molecule has 0 aliphatic heterocycles. The van der Waals surface area contributed by atoms with Gasteiger partial charge in [-0.25, -0.2) is 0 Å². The molecule has 0 radical (unpaired) electrons. The zero-order valence-electron chi connectivity index (χ0n) is 16.4. The summed E-state index contributed by atoms with van der Waals surface area (Å²) in [5.41, 5.74) is 2.55. The molecule has 1 saturated carbocycles. The average molecular weight is 380 g/mol. The molecule has 0 heterocycles. The molecule has 0 saturated heterocycles. The van der Waals surface area contributed by atoms with E-state index in [4.69, 9.17) is 4.74 Å². The van der Waals surface area contributed by atoms with Gasteiger partial charge < -0.3 is 15.4 Å². The summed E-state index contributed by atoms with van der Waals surface area (Å²) in [5, 5.41) is 5.65. The van der Waals surface area contributed by atoms with Crippen LogP contribution < -0.4 is 15.4 Å². The predicted molar refractivity (Wildman–Crippen MR) is 110 cm³/mol. The van der Waals surface area contributed by atoms with E-state index in [2.05, 4.69) is 22.8 Å². The summed E-state index contributed by atoms with van der Waals surface area (Å²) in [5.74, 6) is 1.06. The number of rotatable bonds is 7. The Kier molecular flexibility index (Phi) is 7.06. The van der Waals surface area contributed by atoms with Crippen molar-refractivity contribution < 1.29 is 14.3 Å². The third kappa shape index (κ3) is 5.35. The van der Waals surface area contributed by atoms with E-state index >= 15 is 0 Å². The minimum absolute atomic E-state index is 0.117. The van der Waals surface area contributed by atoms with E-state index in [0.29, 0.717) is 35.9 Å². The van der Waals surface area contributed by atoms with Gasteiger partial charge in [-0.1, -0.05) is 31.4 Å². The Morgan fingerprint density at radius 2 is 1.32 bits per heavy atom. The molecule has 1 fully saturated rings. The molecule has 0 aromatic heterocycles. The van der Waals surface area contributed by atoms with Crippen LogP contribution in [-0.2, 0) is 0 Å². The SMILES string of the molecule is COc1ccc(C(=O)NCCNC(=O)c2ccc(C3CCCCC3)cc2)cc1. The molecule has 5 nitrogen and oxygen atoms in total. The summed E-state index contributed by atoms with van der Waals surface area (Å²) in [6.07, 6.45) is 6.44. The van der Waals surface area contributed by atoms with Crippen molar-refractivity contribution in [2.24, 2.45) is 0 Å². The molecule has 1 aliphatic carbocycles. The molecular formula is C23H28N2O3. The first-order valence-electron chi connectivity index (χ1n) is 9.98. The Morgan fingerprint density at radius 3 is 1.82 bits per heavy atom. The number of carbonyl (C=O) groups is 2. The van der Waals surface area contributed by atoms with Gasteiger partial charge in [0.25, 0.3) is 11.8 Å². The molecule has 0 unspecified atom stereocenters. The monoisotopic (exact) mass is 380 g/mol. The van der Waals surface area contributed by atoms with E-state index in [1.165, 1.54) is 37.7 Å². The lowest BCUT2D eigenvalue weighted by molar-refractivity contribution is 0.0927. The van der Waals surface area contributed by atoms with Crippen molar-refractivity contribution >= 4 is 11.8 Å². The molecule has 0 spiro atoms. The Hall–Kier alpha value is -2.82. The number of methoxy groups -OCH3 is 1. The van der Waals surface area contributed by atoms with E-state index in [1.807, 2.05) is 12.1 Å². The number of amides is 2. The van der Waals surface area contributed by atoms with E-state index in [-0.39, 0.29) is 11.8 Å². The minimum Gasteiger partial charge on any atom is -0.497 e. The van der Waals surface area contributed by atoms with Crippen molar-refractivity contribution in [3.05, 3.63) is 65.2 Å². The van der Waals surface area contributed by atoms with Crippen LogP contribution in [0.2, 0.25) is 0 Å². The van der Waals surface area contributed by atoms with E-state index in [0.717, 1.165) is 0 Å². The minimum atomic E-state index is -0.172. The van der Waals surface area contributed by atoms with E-state index < -0.39 is 0 Å². The van der Waals surface area contributed by atoms with Crippen LogP contribution in [0.1, 0.15) is 64.3 Å². The molecule has 5 heteroatoms. The maximum absolute atomic E-state index is 12.3. The third-order valence-corrected chi connectivity index (χ3v) is 5.30. The first kappa shape index (κ1) is 19.9. The second-order valence-corrected chi connectivity index (χ2v) is 7.20. The highest BCUT2D eigenvalue weighted by molar-refractivity contribution is 5.95. The van der Waals surface area contributed by atoms with Crippen molar-refractivity contribution in [2.75, 3.05) is 20.2 Å². The number of ether oxygens (including phenoxy) is 1. The molecule has 2 N–H and O–H groups in total. The van der Waals surface area contributed by atoms with Gasteiger partial charge in [-0.3, -0.25) is 9.59 Å². The lowest BCUT2D eigenvalue weighted by Gasteiger charge is -2.22. The summed E-state index contributed by atoms with van der Waals surface area (Å²) < 4.78 is 5.08. The normalized spacial score (nSPS) is 14.3. The van der Waals surface area contributed by atoms with Gasteiger partial charge in [0.05, 0.1) is 7.11 Å². The highest BCUT2D eigenvalue weighted by Gasteiger charge is 2.15. The topological polar surface area (TPSA) is 67.4 Å². The van der Waals surface area contributed by atoms with Gasteiger partial charge in [0.1, 0.15) is 5.75 Å². The highest BCUT2D eigenvalue weighted by Crippen LogP contribution is 2.32. The van der Waals surface area contributed by atoms with Gasteiger partial charge in [-0.2, -0.15) is 0 Å². The zero-order chi connectivity index (χ0) is 19.8. The van der Waals surface area contributed by atoms with Gasteiger partial charge >= 0.3 is 0 Å². The third-order valence-electron chi connectivity index (χ3n) is 5.30. The van der Waals surface area contributed by atoms with Gasteiger partial charge in [0, 0.05) is 24.2 Å². The first-order valence-corrected chi connectivity index (χ1v) is 9.98. The number of hydrogen-bond donors (Lipinski definition) is 2. The lowest BCUT2D eigenvalue weighted by atomic mass is 9.84. The quantitative estimate of drug-likeness (QED) is 0.716. The molecule has 148 valence electrons. The van der Waals surface area contributed by atoms with Gasteiger partial charge in [0.15, 0.2) is 0 Å². The van der Waals surface area contributed by atoms with Gasteiger partial charge in [-0.05, 0) is 60.7 Å². The van der Waals surface area contributed by atoms with E-state index in [1.54, 1.807) is 31.4 Å². The maximum atomic E-state index is 12.3. The molecule has 2 aromatic rings. The van der Waals surface area contributed by atoms with Gasteiger partial charge in [0.2, 0.25) is 0 Å². The molecule has 2 amide bonds. The summed E-state index contributed by atoms with van der Waals surface area (Å²) in [6.45, 7) is 0.752. The largest absolute Gasteiger partial charge is 0.497 e. The first-order chi connectivity index (χ1) is 13.7. The fourth-order valence-corrected chi connectivity index (χ4v) is 3.64. The van der Waals surface area contributed by atoms with Crippen LogP contribution in [0.5, 0.6) is 5.75 Å². The summed E-state index contributed by atoms with van der Waals surface area (Å²) >= 11 is 0. The Labute approximate surface area is 166 Å². The zero-order valence-corrected chi connectivity index (χ0v) is 16.4. The Morgan fingerprint density at radius 1 is 0.821 bits per heavy atom. The van der Waals surface area contributed by atoms with Crippen LogP contribution in [0.25, 0.3) is 0 Å². The summed E-state index contributed by atoms with van der Waals surface area (Å²) in [4.78, 5) is 24.4. The van der Waals surface area contributed by atoms with Crippen LogP contribution in [-0.4, -0.2) is 32.0 Å². The molecule has 0 atom stereocenters. The van der Waals surface area contributed by atoms with Gasteiger partial charge in [-0.15, -0.1) is 0 Å². The summed E-state index contributed by atoms with van der Waals surface area (Å²) in [6, 6.07) is 14.9. The van der Waals surface area contributed by atoms with Crippen molar-refractivity contribution in [1.29, 1.82) is 0 Å². The molecule has 28 heavy (non-hydrogen) atoms. The van der Waals surface area contributed by atoms with E-state index in [9.17, 15) is 9.59 Å². The Balaban J connectivity index is 1.41. The van der Waals surface area contributed by atoms with Crippen LogP contribution in [0.15, 0.2) is 48.5 Å². The van der Waals surface area contributed by atoms with Crippen molar-refractivity contribution in [1.82, 2.24) is 10.6 Å². The lowest BCUT2D eigenvalue weighted by Crippen LogP contribution is -2.34. The fraction of sp³-hybridized carbons (Fsp3) is 0.391.